The van der Waals surface area contributed by atoms with E-state index in [4.69, 9.17) is 9.15 Å². The maximum atomic E-state index is 13.4. The van der Waals surface area contributed by atoms with Crippen molar-refractivity contribution >= 4 is 17.3 Å². The highest BCUT2D eigenvalue weighted by atomic mass is 16.5. The van der Waals surface area contributed by atoms with Crippen molar-refractivity contribution in [3.05, 3.63) is 71.6 Å². The summed E-state index contributed by atoms with van der Waals surface area (Å²) >= 11 is 0. The van der Waals surface area contributed by atoms with Crippen molar-refractivity contribution < 1.29 is 13.9 Å². The minimum absolute atomic E-state index is 0.235. The molecular formula is C34H44N8O3. The molecule has 3 aromatic heterocycles. The van der Waals surface area contributed by atoms with Crippen LogP contribution in [0.4, 0.5) is 11.4 Å². The molecule has 11 nitrogen and oxygen atoms in total. The van der Waals surface area contributed by atoms with E-state index < -0.39 is 0 Å². The molecule has 0 bridgehead atoms. The number of anilines is 2. The van der Waals surface area contributed by atoms with Gasteiger partial charge in [-0.1, -0.05) is 32.1 Å². The molecule has 2 N–H and O–H groups in total. The fourth-order valence-electron chi connectivity index (χ4n) is 5.98. The molecule has 0 unspecified atom stereocenters. The quantitative estimate of drug-likeness (QED) is 0.290. The minimum Gasteiger partial charge on any atom is -0.455 e. The summed E-state index contributed by atoms with van der Waals surface area (Å²) in [5.74, 6) is 0.851. The van der Waals surface area contributed by atoms with Gasteiger partial charge in [-0.3, -0.25) is 9.78 Å². The smallest absolute Gasteiger partial charge is 0.291 e. The van der Waals surface area contributed by atoms with Gasteiger partial charge in [0.05, 0.1) is 37.0 Å². The van der Waals surface area contributed by atoms with Crippen LogP contribution in [0, 0.1) is 6.92 Å². The van der Waals surface area contributed by atoms with Crippen LogP contribution >= 0.6 is 0 Å². The van der Waals surface area contributed by atoms with Crippen molar-refractivity contribution in [2.45, 2.75) is 58.5 Å². The number of furan rings is 1. The first-order valence-electron chi connectivity index (χ1n) is 15.8. The number of pyridine rings is 1. The number of rotatable bonds is 8. The summed E-state index contributed by atoms with van der Waals surface area (Å²) in [7, 11) is 2.17. The molecule has 2 fully saturated rings. The summed E-state index contributed by atoms with van der Waals surface area (Å²) in [5, 5.41) is 15.6. The van der Waals surface area contributed by atoms with E-state index >= 15 is 0 Å². The number of carbonyl (C=O) groups is 1. The first kappa shape index (κ1) is 30.9. The monoisotopic (exact) mass is 612 g/mol. The third kappa shape index (κ3) is 7.27. The van der Waals surface area contributed by atoms with Gasteiger partial charge in [0.2, 0.25) is 0 Å². The summed E-state index contributed by atoms with van der Waals surface area (Å²) in [6, 6.07) is 10.2. The fraction of sp³-hybridized carbons (Fsp3) is 0.471. The molecule has 0 saturated carbocycles. The Bertz CT molecular complexity index is 1620. The van der Waals surface area contributed by atoms with Crippen molar-refractivity contribution in [2.24, 2.45) is 0 Å². The average molecular weight is 613 g/mol. The molecule has 2 aliphatic heterocycles. The molecule has 6 rings (SSSR count). The summed E-state index contributed by atoms with van der Waals surface area (Å²) in [4.78, 5) is 22.5. The number of likely N-dealkylation sites (tertiary alicyclic amines) is 1. The van der Waals surface area contributed by atoms with Gasteiger partial charge in [0, 0.05) is 54.1 Å². The van der Waals surface area contributed by atoms with E-state index in [1.54, 1.807) is 10.9 Å². The SMILES string of the molecule is Cc1ccc(NC(=O)c2cc(CNC3CCN(C)CC3)c(C(C)(C)C)o2)cc1-n1cc(-c2cncc(N3CCOCC3)c2)nn1. The average Bonchev–Trinajstić information content (AvgIpc) is 3.71. The lowest BCUT2D eigenvalue weighted by atomic mass is 9.90. The fourth-order valence-corrected chi connectivity index (χ4v) is 5.98. The van der Waals surface area contributed by atoms with Crippen LogP contribution in [0.2, 0.25) is 0 Å². The third-order valence-corrected chi connectivity index (χ3v) is 8.62. The number of morpholine rings is 1. The Kier molecular flexibility index (Phi) is 9.02. The minimum atomic E-state index is -0.286. The van der Waals surface area contributed by atoms with Gasteiger partial charge in [0.1, 0.15) is 11.5 Å². The van der Waals surface area contributed by atoms with E-state index in [1.807, 2.05) is 43.6 Å². The van der Waals surface area contributed by atoms with Crippen molar-refractivity contribution in [1.29, 1.82) is 0 Å². The number of nitrogens with one attached hydrogen (secondary N) is 2. The lowest BCUT2D eigenvalue weighted by molar-refractivity contribution is 0.0993. The van der Waals surface area contributed by atoms with Crippen molar-refractivity contribution in [3.63, 3.8) is 0 Å². The number of piperidine rings is 1. The normalized spacial score (nSPS) is 16.7. The second kappa shape index (κ2) is 13.1. The largest absolute Gasteiger partial charge is 0.455 e. The zero-order valence-electron chi connectivity index (χ0n) is 27.0. The molecule has 1 aromatic carbocycles. The van der Waals surface area contributed by atoms with Crippen LogP contribution in [-0.2, 0) is 16.7 Å². The number of nitrogens with zero attached hydrogens (tertiary/aromatic N) is 6. The van der Waals surface area contributed by atoms with Gasteiger partial charge in [-0.25, -0.2) is 4.68 Å². The maximum Gasteiger partial charge on any atom is 0.291 e. The predicted molar refractivity (Wildman–Crippen MR) is 175 cm³/mol. The highest BCUT2D eigenvalue weighted by Crippen LogP contribution is 2.30. The van der Waals surface area contributed by atoms with Crippen molar-refractivity contribution in [2.75, 3.05) is 56.7 Å². The predicted octanol–water partition coefficient (Wildman–Crippen LogP) is 4.80. The van der Waals surface area contributed by atoms with Crippen LogP contribution in [0.5, 0.6) is 0 Å². The van der Waals surface area contributed by atoms with Gasteiger partial charge in [-0.15, -0.1) is 5.10 Å². The second-order valence-electron chi connectivity index (χ2n) is 13.2. The lowest BCUT2D eigenvalue weighted by Gasteiger charge is -2.29. The molecule has 0 radical (unpaired) electrons. The molecule has 0 aliphatic carbocycles. The van der Waals surface area contributed by atoms with Crippen LogP contribution in [0.25, 0.3) is 16.9 Å². The van der Waals surface area contributed by atoms with Gasteiger partial charge in [-0.05, 0) is 69.7 Å². The molecule has 2 aliphatic rings. The third-order valence-electron chi connectivity index (χ3n) is 8.62. The first-order chi connectivity index (χ1) is 21.6. The van der Waals surface area contributed by atoms with Gasteiger partial charge < -0.3 is 29.6 Å². The van der Waals surface area contributed by atoms with Crippen LogP contribution in [0.1, 0.15) is 61.1 Å². The lowest BCUT2D eigenvalue weighted by Crippen LogP contribution is -2.40. The van der Waals surface area contributed by atoms with Crippen LogP contribution in [0.3, 0.4) is 0 Å². The molecule has 11 heteroatoms. The summed E-state index contributed by atoms with van der Waals surface area (Å²) in [6.07, 6.45) is 7.79. The highest BCUT2D eigenvalue weighted by Gasteiger charge is 2.27. The Hall–Kier alpha value is -4.06. The molecule has 1 amide bonds. The molecule has 2 saturated heterocycles. The number of aromatic nitrogens is 4. The molecule has 0 atom stereocenters. The van der Waals surface area contributed by atoms with E-state index in [0.29, 0.717) is 37.2 Å². The summed E-state index contributed by atoms with van der Waals surface area (Å²) in [5.41, 5.74) is 5.91. The standard InChI is InChI=1S/C34H44N8O3/c1-23-6-7-27(18-30(23)42-22-29(38-39-42)24-16-28(21-35-19-24)41-12-14-44-15-13-41)37-33(43)31-17-25(32(45-31)34(2,3)4)20-36-26-8-10-40(5)11-9-26/h6-7,16-19,21-22,26,36H,8-15,20H2,1-5H3,(H,37,43). The number of hydrogen-bond acceptors (Lipinski definition) is 9. The molecular weight excluding hydrogens is 568 g/mol. The van der Waals surface area contributed by atoms with Gasteiger partial charge >= 0.3 is 0 Å². The molecule has 5 heterocycles. The van der Waals surface area contributed by atoms with Crippen LogP contribution in [0.15, 0.2) is 53.3 Å². The number of aryl methyl sites for hydroxylation is 1. The zero-order valence-corrected chi connectivity index (χ0v) is 27.0. The Morgan fingerprint density at radius 1 is 1.04 bits per heavy atom. The Balaban J connectivity index is 1.17. The summed E-state index contributed by atoms with van der Waals surface area (Å²) < 4.78 is 13.4. The van der Waals surface area contributed by atoms with Gasteiger partial charge in [0.25, 0.3) is 5.91 Å². The maximum absolute atomic E-state index is 13.4. The van der Waals surface area contributed by atoms with E-state index in [9.17, 15) is 4.79 Å². The number of benzene rings is 1. The van der Waals surface area contributed by atoms with E-state index in [2.05, 4.69) is 69.6 Å². The number of hydrogen-bond donors (Lipinski definition) is 2. The highest BCUT2D eigenvalue weighted by molar-refractivity contribution is 6.02. The number of ether oxygens (including phenoxy) is 1. The molecule has 0 spiro atoms. The van der Waals surface area contributed by atoms with Gasteiger partial charge in [-0.2, -0.15) is 0 Å². The van der Waals surface area contributed by atoms with Gasteiger partial charge in [0.15, 0.2) is 5.76 Å². The molecule has 238 valence electrons. The Morgan fingerprint density at radius 2 is 1.82 bits per heavy atom. The zero-order chi connectivity index (χ0) is 31.6. The van der Waals surface area contributed by atoms with Crippen LogP contribution < -0.4 is 15.5 Å². The van der Waals surface area contributed by atoms with E-state index in [1.165, 1.54) is 0 Å². The van der Waals surface area contributed by atoms with Crippen molar-refractivity contribution in [1.82, 2.24) is 30.2 Å². The number of amides is 1. The topological polar surface area (TPSA) is 114 Å². The second-order valence-corrected chi connectivity index (χ2v) is 13.2. The first-order valence-corrected chi connectivity index (χ1v) is 15.8. The molecule has 45 heavy (non-hydrogen) atoms. The Labute approximate surface area is 264 Å². The van der Waals surface area contributed by atoms with Crippen LogP contribution in [-0.4, -0.2) is 83.3 Å². The van der Waals surface area contributed by atoms with E-state index in [0.717, 1.165) is 78.5 Å². The Morgan fingerprint density at radius 3 is 2.58 bits per heavy atom. The number of carbonyl (C=O) groups excluding carboxylic acids is 1. The summed E-state index contributed by atoms with van der Waals surface area (Å²) in [6.45, 7) is 14.3. The van der Waals surface area contributed by atoms with Crippen molar-refractivity contribution in [3.8, 4) is 16.9 Å². The van der Waals surface area contributed by atoms with E-state index in [-0.39, 0.29) is 11.3 Å². The molecule has 4 aromatic rings.